The number of hydrogen-bond donors (Lipinski definition) is 1. The molecule has 1 unspecified atom stereocenters. The van der Waals surface area contributed by atoms with E-state index in [1.807, 2.05) is 23.6 Å². The van der Waals surface area contributed by atoms with Gasteiger partial charge in [0.05, 0.1) is 16.6 Å². The number of nitrogens with zero attached hydrogens (tertiary/aromatic N) is 2. The molecule has 1 N–H and O–H groups in total. The Morgan fingerprint density at radius 2 is 1.90 bits per heavy atom. The number of hydrazone groups is 1. The quantitative estimate of drug-likeness (QED) is 0.664. The molecule has 1 atom stereocenters. The van der Waals surface area contributed by atoms with Crippen molar-refractivity contribution in [1.29, 1.82) is 0 Å². The highest BCUT2D eigenvalue weighted by Crippen LogP contribution is 2.35. The van der Waals surface area contributed by atoms with Gasteiger partial charge in [0.25, 0.3) is 10.0 Å². The van der Waals surface area contributed by atoms with Crippen LogP contribution in [-0.4, -0.2) is 25.0 Å². The summed E-state index contributed by atoms with van der Waals surface area (Å²) in [5, 5.41) is 8.00. The second-order valence-electron chi connectivity index (χ2n) is 6.64. The van der Waals surface area contributed by atoms with Crippen LogP contribution in [-0.2, 0) is 14.8 Å². The smallest absolute Gasteiger partial charge is 0.261 e. The molecular weight excluding hydrogens is 406 g/mol. The van der Waals surface area contributed by atoms with E-state index in [4.69, 9.17) is 0 Å². The maximum Gasteiger partial charge on any atom is 0.261 e. The minimum absolute atomic E-state index is 0.126. The van der Waals surface area contributed by atoms with Crippen molar-refractivity contribution in [1.82, 2.24) is 5.01 Å². The van der Waals surface area contributed by atoms with Crippen LogP contribution in [0.3, 0.4) is 0 Å². The first-order chi connectivity index (χ1) is 13.9. The summed E-state index contributed by atoms with van der Waals surface area (Å²) in [5.41, 5.74) is 1.98. The monoisotopic (exact) mass is 425 g/mol. The summed E-state index contributed by atoms with van der Waals surface area (Å²) in [7, 11) is -3.68. The molecule has 0 fully saturated rings. The SMILES string of the molecule is CC(=O)N1N=C(c2cccc(NS(=O)(=O)c3ccccc3)c2)CC1c1cccs1. The number of anilines is 1. The van der Waals surface area contributed by atoms with Gasteiger partial charge >= 0.3 is 0 Å². The third-order valence-electron chi connectivity index (χ3n) is 4.61. The zero-order chi connectivity index (χ0) is 20.4. The van der Waals surface area contributed by atoms with Gasteiger partial charge in [-0.25, -0.2) is 13.4 Å². The molecule has 0 spiro atoms. The van der Waals surface area contributed by atoms with Crippen LogP contribution in [0.25, 0.3) is 0 Å². The molecule has 0 saturated heterocycles. The van der Waals surface area contributed by atoms with Crippen LogP contribution in [0.5, 0.6) is 0 Å². The topological polar surface area (TPSA) is 78.8 Å². The molecule has 8 heteroatoms. The molecule has 2 aromatic carbocycles. The van der Waals surface area contributed by atoms with Gasteiger partial charge in [-0.2, -0.15) is 5.10 Å². The van der Waals surface area contributed by atoms with Crippen molar-refractivity contribution in [2.45, 2.75) is 24.3 Å². The molecule has 29 heavy (non-hydrogen) atoms. The minimum atomic E-state index is -3.68. The number of benzene rings is 2. The van der Waals surface area contributed by atoms with E-state index in [0.29, 0.717) is 12.1 Å². The fourth-order valence-electron chi connectivity index (χ4n) is 3.25. The van der Waals surface area contributed by atoms with Crippen LogP contribution in [0, 0.1) is 0 Å². The van der Waals surface area contributed by atoms with Crippen LogP contribution in [0.15, 0.2) is 82.1 Å². The number of sulfonamides is 1. The number of rotatable bonds is 5. The zero-order valence-electron chi connectivity index (χ0n) is 15.6. The first-order valence-corrected chi connectivity index (χ1v) is 11.4. The molecule has 1 amide bonds. The summed E-state index contributed by atoms with van der Waals surface area (Å²) in [4.78, 5) is 13.3. The Balaban J connectivity index is 1.61. The summed E-state index contributed by atoms with van der Waals surface area (Å²) < 4.78 is 27.8. The Morgan fingerprint density at radius 1 is 1.10 bits per heavy atom. The molecule has 148 valence electrons. The number of amides is 1. The second-order valence-corrected chi connectivity index (χ2v) is 9.31. The lowest BCUT2D eigenvalue weighted by atomic mass is 10.0. The maximum absolute atomic E-state index is 12.6. The van der Waals surface area contributed by atoms with E-state index in [0.717, 1.165) is 16.2 Å². The van der Waals surface area contributed by atoms with Gasteiger partial charge in [-0.15, -0.1) is 11.3 Å². The van der Waals surface area contributed by atoms with Gasteiger partial charge in [0.15, 0.2) is 0 Å². The highest BCUT2D eigenvalue weighted by molar-refractivity contribution is 7.92. The predicted octanol–water partition coefficient (Wildman–Crippen LogP) is 4.25. The summed E-state index contributed by atoms with van der Waals surface area (Å²) in [6.07, 6.45) is 0.578. The van der Waals surface area contributed by atoms with Crippen molar-refractivity contribution in [2.75, 3.05) is 4.72 Å². The summed E-state index contributed by atoms with van der Waals surface area (Å²) in [6.45, 7) is 1.50. The lowest BCUT2D eigenvalue weighted by molar-refractivity contribution is -0.130. The van der Waals surface area contributed by atoms with Crippen molar-refractivity contribution in [3.05, 3.63) is 82.6 Å². The van der Waals surface area contributed by atoms with Gasteiger partial charge in [-0.05, 0) is 41.3 Å². The highest BCUT2D eigenvalue weighted by Gasteiger charge is 2.32. The van der Waals surface area contributed by atoms with Crippen molar-refractivity contribution in [3.63, 3.8) is 0 Å². The second kappa shape index (κ2) is 7.81. The van der Waals surface area contributed by atoms with Crippen molar-refractivity contribution in [3.8, 4) is 0 Å². The first-order valence-electron chi connectivity index (χ1n) is 9.03. The third kappa shape index (κ3) is 4.08. The van der Waals surface area contributed by atoms with Crippen LogP contribution < -0.4 is 4.72 Å². The molecule has 0 bridgehead atoms. The molecule has 1 aromatic heterocycles. The van der Waals surface area contributed by atoms with Crippen molar-refractivity contribution in [2.24, 2.45) is 5.10 Å². The Hall–Kier alpha value is -2.97. The summed E-state index contributed by atoms with van der Waals surface area (Å²) in [6, 6.07) is 19.1. The molecule has 1 aliphatic rings. The Bertz CT molecular complexity index is 1160. The van der Waals surface area contributed by atoms with E-state index in [1.54, 1.807) is 59.9 Å². The van der Waals surface area contributed by atoms with Crippen LogP contribution in [0.2, 0.25) is 0 Å². The molecule has 0 saturated carbocycles. The molecule has 3 aromatic rings. The molecular formula is C21H19N3O3S2. The number of hydrogen-bond acceptors (Lipinski definition) is 5. The van der Waals surface area contributed by atoms with Gasteiger partial charge < -0.3 is 0 Å². The molecule has 0 radical (unpaired) electrons. The van der Waals surface area contributed by atoms with Crippen molar-refractivity contribution >= 4 is 38.7 Å². The van der Waals surface area contributed by atoms with Gasteiger partial charge in [-0.3, -0.25) is 9.52 Å². The lowest BCUT2D eigenvalue weighted by Crippen LogP contribution is -2.23. The number of thiophene rings is 1. The normalized spacial score (nSPS) is 16.5. The van der Waals surface area contributed by atoms with E-state index in [1.165, 1.54) is 11.9 Å². The summed E-state index contributed by atoms with van der Waals surface area (Å²) in [5.74, 6) is -0.126. The largest absolute Gasteiger partial charge is 0.280 e. The predicted molar refractivity (Wildman–Crippen MR) is 114 cm³/mol. The van der Waals surface area contributed by atoms with Gasteiger partial charge in [-0.1, -0.05) is 36.4 Å². The molecule has 0 aliphatic carbocycles. The fraction of sp³-hybridized carbons (Fsp3) is 0.143. The minimum Gasteiger partial charge on any atom is -0.280 e. The molecule has 1 aliphatic heterocycles. The van der Waals surface area contributed by atoms with E-state index in [-0.39, 0.29) is 16.8 Å². The van der Waals surface area contributed by atoms with Crippen LogP contribution in [0.4, 0.5) is 5.69 Å². The molecule has 6 nitrogen and oxygen atoms in total. The van der Waals surface area contributed by atoms with Crippen molar-refractivity contribution < 1.29 is 13.2 Å². The number of nitrogens with one attached hydrogen (secondary N) is 1. The van der Waals surface area contributed by atoms with Crippen LogP contribution >= 0.6 is 11.3 Å². The van der Waals surface area contributed by atoms with Crippen LogP contribution in [0.1, 0.15) is 29.8 Å². The fourth-order valence-corrected chi connectivity index (χ4v) is 5.14. The average molecular weight is 426 g/mol. The van der Waals surface area contributed by atoms with Gasteiger partial charge in [0.2, 0.25) is 5.91 Å². The zero-order valence-corrected chi connectivity index (χ0v) is 17.3. The molecule has 4 rings (SSSR count). The van der Waals surface area contributed by atoms with E-state index >= 15 is 0 Å². The third-order valence-corrected chi connectivity index (χ3v) is 6.98. The standard InChI is InChI=1S/C21H19N3O3S2/c1-15(25)24-20(21-11-6-12-28-21)14-19(22-24)16-7-5-8-17(13-16)23-29(26,27)18-9-3-2-4-10-18/h2-13,20,23H,14H2,1H3. The van der Waals surface area contributed by atoms with E-state index in [2.05, 4.69) is 9.82 Å². The Morgan fingerprint density at radius 3 is 2.59 bits per heavy atom. The Kier molecular flexibility index (Phi) is 5.21. The van der Waals surface area contributed by atoms with E-state index in [9.17, 15) is 13.2 Å². The first kappa shape index (κ1) is 19.4. The molecule has 2 heterocycles. The maximum atomic E-state index is 12.6. The number of carbonyl (C=O) groups is 1. The Labute approximate surface area is 173 Å². The average Bonchev–Trinajstić information content (AvgIpc) is 3.38. The highest BCUT2D eigenvalue weighted by atomic mass is 32.2. The van der Waals surface area contributed by atoms with Gasteiger partial charge in [0, 0.05) is 23.9 Å². The lowest BCUT2D eigenvalue weighted by Gasteiger charge is -2.18. The van der Waals surface area contributed by atoms with Gasteiger partial charge in [0.1, 0.15) is 0 Å². The summed E-state index contributed by atoms with van der Waals surface area (Å²) >= 11 is 1.59. The number of carbonyl (C=O) groups excluding carboxylic acids is 1. The van der Waals surface area contributed by atoms with E-state index < -0.39 is 10.0 Å².